The standard InChI is InChI=1S/C25H30N4O4S2/c1-7-12-29-22(17(5)33-19-11-9-10-15(3)13-19)27-28-25(29)34-14-20(30)26-23-21(24(31)32-8-2)16(4)18(6)35-23/h7,9-11,13,17H,1,8,12,14H2,2-6H3,(H,26,30). The van der Waals surface area contributed by atoms with Crippen molar-refractivity contribution in [2.75, 3.05) is 17.7 Å². The number of carbonyl (C=O) groups excluding carboxylic acids is 2. The van der Waals surface area contributed by atoms with Gasteiger partial charge in [0.1, 0.15) is 10.8 Å². The number of allylic oxidation sites excluding steroid dienone is 1. The summed E-state index contributed by atoms with van der Waals surface area (Å²) in [5.41, 5.74) is 2.33. The van der Waals surface area contributed by atoms with Crippen molar-refractivity contribution in [3.05, 3.63) is 64.3 Å². The molecule has 3 rings (SSSR count). The third-order valence-corrected chi connectivity index (χ3v) is 7.26. The lowest BCUT2D eigenvalue weighted by atomic mass is 10.1. The molecular formula is C25H30N4O4S2. The number of benzene rings is 1. The molecule has 2 aromatic heterocycles. The molecule has 0 radical (unpaired) electrons. The molecule has 0 bridgehead atoms. The quantitative estimate of drug-likeness (QED) is 0.205. The maximum atomic E-state index is 12.7. The molecule has 10 heteroatoms. The number of ether oxygens (including phenoxy) is 2. The van der Waals surface area contributed by atoms with Crippen LogP contribution in [0.1, 0.15) is 52.1 Å². The number of amides is 1. The summed E-state index contributed by atoms with van der Waals surface area (Å²) in [6.07, 6.45) is 1.40. The Morgan fingerprint density at radius 1 is 1.29 bits per heavy atom. The third-order valence-electron chi connectivity index (χ3n) is 5.17. The number of thioether (sulfide) groups is 1. The lowest BCUT2D eigenvalue weighted by Crippen LogP contribution is -2.17. The van der Waals surface area contributed by atoms with Gasteiger partial charge in [-0.25, -0.2) is 4.79 Å². The highest BCUT2D eigenvalue weighted by Gasteiger charge is 2.23. The van der Waals surface area contributed by atoms with E-state index in [1.165, 1.54) is 23.1 Å². The number of nitrogens with zero attached hydrogens (tertiary/aromatic N) is 3. The fraction of sp³-hybridized carbons (Fsp3) is 0.360. The average molecular weight is 515 g/mol. The molecular weight excluding hydrogens is 484 g/mol. The van der Waals surface area contributed by atoms with Gasteiger partial charge in [0.25, 0.3) is 0 Å². The highest BCUT2D eigenvalue weighted by atomic mass is 32.2. The molecule has 1 unspecified atom stereocenters. The summed E-state index contributed by atoms with van der Waals surface area (Å²) in [4.78, 5) is 26.1. The van der Waals surface area contributed by atoms with E-state index < -0.39 is 5.97 Å². The minimum absolute atomic E-state index is 0.0979. The fourth-order valence-electron chi connectivity index (χ4n) is 3.41. The van der Waals surface area contributed by atoms with Crippen molar-refractivity contribution in [2.45, 2.75) is 52.4 Å². The minimum Gasteiger partial charge on any atom is -0.483 e. The van der Waals surface area contributed by atoms with Crippen LogP contribution >= 0.6 is 23.1 Å². The Bertz CT molecular complexity index is 1220. The van der Waals surface area contributed by atoms with E-state index in [0.717, 1.165) is 21.8 Å². The van der Waals surface area contributed by atoms with Gasteiger partial charge in [-0.05, 0) is 57.9 Å². The number of carbonyl (C=O) groups is 2. The molecule has 1 amide bonds. The molecule has 186 valence electrons. The van der Waals surface area contributed by atoms with Crippen LogP contribution in [0, 0.1) is 20.8 Å². The van der Waals surface area contributed by atoms with Gasteiger partial charge in [0, 0.05) is 11.4 Å². The van der Waals surface area contributed by atoms with E-state index in [1.807, 2.05) is 56.5 Å². The van der Waals surface area contributed by atoms with Crippen LogP contribution < -0.4 is 10.1 Å². The number of aromatic nitrogens is 3. The summed E-state index contributed by atoms with van der Waals surface area (Å²) in [5.74, 6) is 0.804. The molecule has 35 heavy (non-hydrogen) atoms. The Morgan fingerprint density at radius 3 is 2.74 bits per heavy atom. The molecule has 0 fully saturated rings. The minimum atomic E-state index is -0.435. The van der Waals surface area contributed by atoms with E-state index in [9.17, 15) is 9.59 Å². The SMILES string of the molecule is C=CCn1c(SCC(=O)Nc2sc(C)c(C)c2C(=O)OCC)nnc1C(C)Oc1cccc(C)c1. The fourth-order valence-corrected chi connectivity index (χ4v) is 5.23. The van der Waals surface area contributed by atoms with Gasteiger partial charge in [0.05, 0.1) is 17.9 Å². The van der Waals surface area contributed by atoms with Crippen molar-refractivity contribution < 1.29 is 19.1 Å². The maximum absolute atomic E-state index is 12.7. The molecule has 0 saturated heterocycles. The number of esters is 1. The zero-order chi connectivity index (χ0) is 25.5. The molecule has 0 spiro atoms. The van der Waals surface area contributed by atoms with Crippen LogP contribution in [-0.4, -0.2) is 39.0 Å². The summed E-state index contributed by atoms with van der Waals surface area (Å²) in [5, 5.41) is 12.5. The molecule has 0 aliphatic carbocycles. The first-order chi connectivity index (χ1) is 16.7. The van der Waals surface area contributed by atoms with Gasteiger partial charge in [-0.15, -0.1) is 28.1 Å². The van der Waals surface area contributed by atoms with Gasteiger partial charge in [-0.2, -0.15) is 0 Å². The third kappa shape index (κ3) is 6.52. The number of thiophene rings is 1. The van der Waals surface area contributed by atoms with Crippen LogP contribution in [-0.2, 0) is 16.1 Å². The van der Waals surface area contributed by atoms with Gasteiger partial charge in [-0.1, -0.05) is 30.0 Å². The topological polar surface area (TPSA) is 95.3 Å². The molecule has 8 nitrogen and oxygen atoms in total. The molecule has 1 N–H and O–H groups in total. The molecule has 0 aliphatic heterocycles. The molecule has 0 saturated carbocycles. The molecule has 1 atom stereocenters. The summed E-state index contributed by atoms with van der Waals surface area (Å²) in [7, 11) is 0. The monoisotopic (exact) mass is 514 g/mol. The number of nitrogens with one attached hydrogen (secondary N) is 1. The van der Waals surface area contributed by atoms with Crippen molar-refractivity contribution in [2.24, 2.45) is 0 Å². The highest BCUT2D eigenvalue weighted by Crippen LogP contribution is 2.33. The predicted molar refractivity (Wildman–Crippen MR) is 140 cm³/mol. The van der Waals surface area contributed by atoms with E-state index in [1.54, 1.807) is 13.0 Å². The molecule has 1 aromatic carbocycles. The van der Waals surface area contributed by atoms with E-state index in [-0.39, 0.29) is 24.4 Å². The second-order valence-electron chi connectivity index (χ2n) is 7.86. The van der Waals surface area contributed by atoms with Crippen molar-refractivity contribution >= 4 is 40.0 Å². The Kier molecular flexibility index (Phi) is 9.11. The largest absolute Gasteiger partial charge is 0.483 e. The lowest BCUT2D eigenvalue weighted by molar-refractivity contribution is -0.113. The van der Waals surface area contributed by atoms with Crippen molar-refractivity contribution in [1.29, 1.82) is 0 Å². The number of anilines is 1. The van der Waals surface area contributed by atoms with Gasteiger partial charge < -0.3 is 14.8 Å². The van der Waals surface area contributed by atoms with E-state index in [4.69, 9.17) is 9.47 Å². The normalized spacial score (nSPS) is 11.7. The zero-order valence-electron chi connectivity index (χ0n) is 20.6. The number of hydrogen-bond donors (Lipinski definition) is 1. The highest BCUT2D eigenvalue weighted by molar-refractivity contribution is 7.99. The smallest absolute Gasteiger partial charge is 0.341 e. The van der Waals surface area contributed by atoms with Crippen LogP contribution in [0.5, 0.6) is 5.75 Å². The molecule has 3 aromatic rings. The summed E-state index contributed by atoms with van der Waals surface area (Å²) < 4.78 is 13.1. The number of rotatable bonds is 11. The van der Waals surface area contributed by atoms with Crippen molar-refractivity contribution in [3.63, 3.8) is 0 Å². The first kappa shape index (κ1) is 26.5. The molecule has 0 aliphatic rings. The Labute approximate surface area is 213 Å². The zero-order valence-corrected chi connectivity index (χ0v) is 22.2. The van der Waals surface area contributed by atoms with E-state index in [0.29, 0.717) is 28.1 Å². The Balaban J connectivity index is 1.70. The van der Waals surface area contributed by atoms with E-state index in [2.05, 4.69) is 22.1 Å². The van der Waals surface area contributed by atoms with Gasteiger partial charge in [-0.3, -0.25) is 9.36 Å². The summed E-state index contributed by atoms with van der Waals surface area (Å²) >= 11 is 2.62. The van der Waals surface area contributed by atoms with Crippen LogP contribution in [0.25, 0.3) is 0 Å². The van der Waals surface area contributed by atoms with Crippen LogP contribution in [0.15, 0.2) is 42.1 Å². The van der Waals surface area contributed by atoms with Crippen LogP contribution in [0.3, 0.4) is 0 Å². The van der Waals surface area contributed by atoms with Crippen molar-refractivity contribution in [3.8, 4) is 5.75 Å². The maximum Gasteiger partial charge on any atom is 0.341 e. The first-order valence-corrected chi connectivity index (χ1v) is 13.0. The average Bonchev–Trinajstić information content (AvgIpc) is 3.32. The van der Waals surface area contributed by atoms with Gasteiger partial charge >= 0.3 is 5.97 Å². The second-order valence-corrected chi connectivity index (χ2v) is 10.0. The van der Waals surface area contributed by atoms with E-state index >= 15 is 0 Å². The first-order valence-electron chi connectivity index (χ1n) is 11.2. The Morgan fingerprint density at radius 2 is 2.06 bits per heavy atom. The van der Waals surface area contributed by atoms with Gasteiger partial charge in [0.15, 0.2) is 17.1 Å². The van der Waals surface area contributed by atoms with Crippen LogP contribution in [0.4, 0.5) is 5.00 Å². The number of hydrogen-bond acceptors (Lipinski definition) is 8. The summed E-state index contributed by atoms with van der Waals surface area (Å²) in [6.45, 7) is 14.0. The second kappa shape index (κ2) is 12.0. The summed E-state index contributed by atoms with van der Waals surface area (Å²) in [6, 6.07) is 7.81. The molecule has 2 heterocycles. The number of aryl methyl sites for hydroxylation is 2. The Hall–Kier alpha value is -3.11. The van der Waals surface area contributed by atoms with Crippen LogP contribution in [0.2, 0.25) is 0 Å². The predicted octanol–water partition coefficient (Wildman–Crippen LogP) is 5.50. The van der Waals surface area contributed by atoms with Crippen molar-refractivity contribution in [1.82, 2.24) is 14.8 Å². The lowest BCUT2D eigenvalue weighted by Gasteiger charge is -2.16. The van der Waals surface area contributed by atoms with Gasteiger partial charge in [0.2, 0.25) is 5.91 Å².